The maximum atomic E-state index is 9.50. The van der Waals surface area contributed by atoms with Gasteiger partial charge in [-0.3, -0.25) is 0 Å². The molecule has 0 aliphatic heterocycles. The standard InChI is InChI=1S/C20H19N3O2S/c1-3-24-18-10-9-14(12-19(18)25-4-2)11-15(13-21)26-20-22-16-7-5-6-8-17(16)23-20/h5-12H,3-4H2,1-2H3,(H,22,23)/b15-11+. The summed E-state index contributed by atoms with van der Waals surface area (Å²) in [7, 11) is 0. The molecule has 0 aliphatic rings. The Balaban J connectivity index is 1.86. The van der Waals surface area contributed by atoms with Crippen molar-refractivity contribution >= 4 is 28.9 Å². The van der Waals surface area contributed by atoms with Crippen LogP contribution in [0, 0.1) is 11.3 Å². The molecule has 0 spiro atoms. The van der Waals surface area contributed by atoms with Crippen LogP contribution in [0.1, 0.15) is 19.4 Å². The minimum atomic E-state index is 0.538. The topological polar surface area (TPSA) is 70.9 Å². The Morgan fingerprint density at radius 1 is 1.15 bits per heavy atom. The van der Waals surface area contributed by atoms with Crippen molar-refractivity contribution in [2.75, 3.05) is 13.2 Å². The van der Waals surface area contributed by atoms with E-state index in [4.69, 9.17) is 9.47 Å². The summed E-state index contributed by atoms with van der Waals surface area (Å²) < 4.78 is 11.2. The molecule has 0 saturated heterocycles. The Kier molecular flexibility index (Phi) is 5.82. The molecule has 0 unspecified atom stereocenters. The first kappa shape index (κ1) is 17.9. The van der Waals surface area contributed by atoms with Gasteiger partial charge in [0.1, 0.15) is 6.07 Å². The van der Waals surface area contributed by atoms with Crippen LogP contribution in [0.15, 0.2) is 52.5 Å². The minimum Gasteiger partial charge on any atom is -0.490 e. The molecule has 132 valence electrons. The zero-order chi connectivity index (χ0) is 18.4. The van der Waals surface area contributed by atoms with Crippen molar-refractivity contribution in [3.8, 4) is 17.6 Å². The van der Waals surface area contributed by atoms with Gasteiger partial charge in [-0.1, -0.05) is 18.2 Å². The number of allylic oxidation sites excluding steroid dienone is 1. The van der Waals surface area contributed by atoms with Gasteiger partial charge in [-0.25, -0.2) is 4.98 Å². The monoisotopic (exact) mass is 365 g/mol. The van der Waals surface area contributed by atoms with Crippen LogP contribution in [0.2, 0.25) is 0 Å². The number of nitrogens with zero attached hydrogens (tertiary/aromatic N) is 2. The molecule has 3 rings (SSSR count). The zero-order valence-electron chi connectivity index (χ0n) is 14.7. The van der Waals surface area contributed by atoms with E-state index in [1.165, 1.54) is 11.8 Å². The fourth-order valence-corrected chi connectivity index (χ4v) is 3.23. The summed E-state index contributed by atoms with van der Waals surface area (Å²) in [4.78, 5) is 8.25. The number of aromatic nitrogens is 2. The molecule has 0 fully saturated rings. The molecule has 0 bridgehead atoms. The van der Waals surface area contributed by atoms with Gasteiger partial charge in [-0.05, 0) is 61.5 Å². The number of thioether (sulfide) groups is 1. The second kappa shape index (κ2) is 8.45. The predicted octanol–water partition coefficient (Wildman–Crippen LogP) is 5.02. The second-order valence-corrected chi connectivity index (χ2v) is 6.38. The third-order valence-corrected chi connectivity index (χ3v) is 4.37. The van der Waals surface area contributed by atoms with Crippen LogP contribution < -0.4 is 9.47 Å². The lowest BCUT2D eigenvalue weighted by Crippen LogP contribution is -1.98. The molecule has 1 N–H and O–H groups in total. The molecule has 0 atom stereocenters. The van der Waals surface area contributed by atoms with E-state index in [1.807, 2.05) is 62.4 Å². The zero-order valence-corrected chi connectivity index (χ0v) is 15.5. The summed E-state index contributed by atoms with van der Waals surface area (Å²) in [5.74, 6) is 1.38. The summed E-state index contributed by atoms with van der Waals surface area (Å²) >= 11 is 1.30. The van der Waals surface area contributed by atoms with Crippen LogP contribution in [-0.4, -0.2) is 23.2 Å². The Labute approximate surface area is 156 Å². The molecular formula is C20H19N3O2S. The molecule has 0 amide bonds. The van der Waals surface area contributed by atoms with Crippen molar-refractivity contribution < 1.29 is 9.47 Å². The lowest BCUT2D eigenvalue weighted by atomic mass is 10.2. The molecule has 2 aromatic carbocycles. The molecular weight excluding hydrogens is 346 g/mol. The van der Waals surface area contributed by atoms with E-state index < -0.39 is 0 Å². The lowest BCUT2D eigenvalue weighted by molar-refractivity contribution is 0.287. The lowest BCUT2D eigenvalue weighted by Gasteiger charge is -2.11. The van der Waals surface area contributed by atoms with Crippen LogP contribution in [0.25, 0.3) is 17.1 Å². The molecule has 0 aliphatic carbocycles. The predicted molar refractivity (Wildman–Crippen MR) is 104 cm³/mol. The van der Waals surface area contributed by atoms with Crippen molar-refractivity contribution in [1.82, 2.24) is 9.97 Å². The largest absolute Gasteiger partial charge is 0.490 e. The molecule has 0 radical (unpaired) electrons. The normalized spacial score (nSPS) is 11.3. The fraction of sp³-hybridized carbons (Fsp3) is 0.200. The van der Waals surface area contributed by atoms with Gasteiger partial charge in [0.05, 0.1) is 29.2 Å². The van der Waals surface area contributed by atoms with Gasteiger partial charge < -0.3 is 14.5 Å². The maximum Gasteiger partial charge on any atom is 0.171 e. The Morgan fingerprint density at radius 2 is 1.92 bits per heavy atom. The number of benzene rings is 2. The average molecular weight is 365 g/mol. The van der Waals surface area contributed by atoms with E-state index >= 15 is 0 Å². The molecule has 3 aromatic rings. The molecule has 6 heteroatoms. The van der Waals surface area contributed by atoms with Crippen molar-refractivity contribution in [3.05, 3.63) is 52.9 Å². The summed E-state index contributed by atoms with van der Waals surface area (Å²) in [5.41, 5.74) is 2.70. The number of hydrogen-bond acceptors (Lipinski definition) is 5. The van der Waals surface area contributed by atoms with Gasteiger partial charge >= 0.3 is 0 Å². The Bertz CT molecular complexity index is 940. The number of imidazole rings is 1. The van der Waals surface area contributed by atoms with Crippen LogP contribution in [-0.2, 0) is 0 Å². The Morgan fingerprint density at radius 3 is 2.65 bits per heavy atom. The average Bonchev–Trinajstić information content (AvgIpc) is 3.06. The summed E-state index contributed by atoms with van der Waals surface area (Å²) in [5, 5.41) is 10.2. The summed E-state index contributed by atoms with van der Waals surface area (Å²) in [6.45, 7) is 4.98. The van der Waals surface area contributed by atoms with E-state index in [-0.39, 0.29) is 0 Å². The number of hydrogen-bond donors (Lipinski definition) is 1. The highest BCUT2D eigenvalue weighted by molar-refractivity contribution is 8.03. The number of ether oxygens (including phenoxy) is 2. The third kappa shape index (κ3) is 4.19. The van der Waals surface area contributed by atoms with Gasteiger partial charge in [0.15, 0.2) is 16.7 Å². The number of fused-ring (bicyclic) bond motifs is 1. The van der Waals surface area contributed by atoms with E-state index in [2.05, 4.69) is 16.0 Å². The highest BCUT2D eigenvalue weighted by Gasteiger charge is 2.09. The SMILES string of the molecule is CCOc1ccc(/C=C(\C#N)Sc2nc3ccccc3[nH]2)cc1OCC. The maximum absolute atomic E-state index is 9.50. The van der Waals surface area contributed by atoms with Gasteiger partial charge in [0.25, 0.3) is 0 Å². The number of nitrogens with one attached hydrogen (secondary N) is 1. The quantitative estimate of drug-likeness (QED) is 0.470. The fourth-order valence-electron chi connectivity index (χ4n) is 2.48. The van der Waals surface area contributed by atoms with Crippen LogP contribution >= 0.6 is 11.8 Å². The van der Waals surface area contributed by atoms with Crippen molar-refractivity contribution in [2.45, 2.75) is 19.0 Å². The molecule has 1 heterocycles. The minimum absolute atomic E-state index is 0.538. The number of H-pyrrole nitrogens is 1. The number of para-hydroxylation sites is 2. The molecule has 5 nitrogen and oxygen atoms in total. The van der Waals surface area contributed by atoms with Crippen molar-refractivity contribution in [3.63, 3.8) is 0 Å². The summed E-state index contributed by atoms with van der Waals surface area (Å²) in [6.07, 6.45) is 1.82. The highest BCUT2D eigenvalue weighted by atomic mass is 32.2. The first-order valence-electron chi connectivity index (χ1n) is 8.37. The number of rotatable bonds is 7. The first-order valence-corrected chi connectivity index (χ1v) is 9.19. The van der Waals surface area contributed by atoms with E-state index in [9.17, 15) is 5.26 Å². The van der Waals surface area contributed by atoms with Gasteiger partial charge in [-0.2, -0.15) is 5.26 Å². The third-order valence-electron chi connectivity index (χ3n) is 3.55. The van der Waals surface area contributed by atoms with Crippen LogP contribution in [0.4, 0.5) is 0 Å². The molecule has 26 heavy (non-hydrogen) atoms. The number of nitriles is 1. The van der Waals surface area contributed by atoms with Crippen LogP contribution in [0.5, 0.6) is 11.5 Å². The van der Waals surface area contributed by atoms with Gasteiger partial charge in [0, 0.05) is 0 Å². The van der Waals surface area contributed by atoms with E-state index in [0.29, 0.717) is 34.8 Å². The van der Waals surface area contributed by atoms with E-state index in [1.54, 1.807) is 0 Å². The molecule has 0 saturated carbocycles. The smallest absolute Gasteiger partial charge is 0.171 e. The summed E-state index contributed by atoms with van der Waals surface area (Å²) in [6, 6.07) is 15.7. The first-order chi connectivity index (χ1) is 12.7. The van der Waals surface area contributed by atoms with Gasteiger partial charge in [0.2, 0.25) is 0 Å². The van der Waals surface area contributed by atoms with Crippen LogP contribution in [0.3, 0.4) is 0 Å². The van der Waals surface area contributed by atoms with Crippen molar-refractivity contribution in [1.29, 1.82) is 5.26 Å². The molecule has 1 aromatic heterocycles. The number of aromatic amines is 1. The van der Waals surface area contributed by atoms with Crippen molar-refractivity contribution in [2.24, 2.45) is 0 Å². The second-order valence-electron chi connectivity index (χ2n) is 5.35. The van der Waals surface area contributed by atoms with Gasteiger partial charge in [-0.15, -0.1) is 0 Å². The Hall–Kier alpha value is -2.91. The van der Waals surface area contributed by atoms with E-state index in [0.717, 1.165) is 16.6 Å². The highest BCUT2D eigenvalue weighted by Crippen LogP contribution is 2.32.